The van der Waals surface area contributed by atoms with Gasteiger partial charge in [0.05, 0.1) is 11.9 Å². The van der Waals surface area contributed by atoms with E-state index < -0.39 is 0 Å². The van der Waals surface area contributed by atoms with Gasteiger partial charge in [0, 0.05) is 37.0 Å². The van der Waals surface area contributed by atoms with Crippen LogP contribution in [0.15, 0.2) is 54.9 Å². The third-order valence-electron chi connectivity index (χ3n) is 4.98. The van der Waals surface area contributed by atoms with Crippen LogP contribution in [0.1, 0.15) is 30.0 Å². The zero-order valence-electron chi connectivity index (χ0n) is 15.8. The number of aromatic amines is 1. The van der Waals surface area contributed by atoms with Crippen LogP contribution in [0.4, 0.5) is 10.5 Å². The topological polar surface area (TPSA) is 83.1 Å². The molecule has 7 heteroatoms. The average Bonchev–Trinajstić information content (AvgIpc) is 3.26. The average molecular weight is 377 g/mol. The number of likely N-dealkylation sites (tertiary alicyclic amines) is 1. The molecule has 144 valence electrons. The summed E-state index contributed by atoms with van der Waals surface area (Å²) in [6.07, 6.45) is 5.24. The maximum absolute atomic E-state index is 12.5. The Morgan fingerprint density at radius 3 is 2.57 bits per heavy atom. The molecule has 0 spiro atoms. The maximum Gasteiger partial charge on any atom is 0.321 e. The molecule has 4 rings (SSSR count). The largest absolute Gasteiger partial charge is 0.439 e. The highest BCUT2D eigenvalue weighted by Crippen LogP contribution is 2.27. The number of carbonyl (C=O) groups is 1. The van der Waals surface area contributed by atoms with Crippen molar-refractivity contribution in [3.05, 3.63) is 66.1 Å². The number of amides is 2. The summed E-state index contributed by atoms with van der Waals surface area (Å²) in [5, 5.41) is 9.94. The molecule has 1 aromatic carbocycles. The third kappa shape index (κ3) is 4.31. The monoisotopic (exact) mass is 377 g/mol. The van der Waals surface area contributed by atoms with Crippen molar-refractivity contribution in [2.24, 2.45) is 0 Å². The second-order valence-electron chi connectivity index (χ2n) is 7.00. The Balaban J connectivity index is 1.29. The van der Waals surface area contributed by atoms with Crippen LogP contribution in [0.3, 0.4) is 0 Å². The lowest BCUT2D eigenvalue weighted by atomic mass is 9.94. The second kappa shape index (κ2) is 8.12. The van der Waals surface area contributed by atoms with Gasteiger partial charge in [0.25, 0.3) is 0 Å². The summed E-state index contributed by atoms with van der Waals surface area (Å²) in [4.78, 5) is 18.6. The number of H-pyrrole nitrogens is 1. The van der Waals surface area contributed by atoms with Gasteiger partial charge in [-0.2, -0.15) is 5.10 Å². The zero-order valence-corrected chi connectivity index (χ0v) is 15.8. The quantitative estimate of drug-likeness (QED) is 0.709. The van der Waals surface area contributed by atoms with E-state index in [-0.39, 0.29) is 6.03 Å². The number of hydrogen-bond donors (Lipinski definition) is 2. The van der Waals surface area contributed by atoms with E-state index in [1.54, 1.807) is 24.5 Å². The Morgan fingerprint density at radius 2 is 1.93 bits per heavy atom. The summed E-state index contributed by atoms with van der Waals surface area (Å²) in [5.74, 6) is 1.66. The van der Waals surface area contributed by atoms with Crippen LogP contribution in [0.25, 0.3) is 0 Å². The van der Waals surface area contributed by atoms with E-state index in [0.717, 1.165) is 37.4 Å². The Labute approximate surface area is 163 Å². The predicted octanol–water partition coefficient (Wildman–Crippen LogP) is 4.32. The Hall–Kier alpha value is -3.35. The molecule has 2 amide bonds. The molecule has 1 fully saturated rings. The van der Waals surface area contributed by atoms with Crippen molar-refractivity contribution in [1.29, 1.82) is 0 Å². The summed E-state index contributed by atoms with van der Waals surface area (Å²) in [6, 6.07) is 13.2. The smallest absolute Gasteiger partial charge is 0.321 e. The molecule has 28 heavy (non-hydrogen) atoms. The molecule has 1 aliphatic rings. The first-order valence-electron chi connectivity index (χ1n) is 9.43. The van der Waals surface area contributed by atoms with E-state index in [1.807, 2.05) is 42.2 Å². The highest BCUT2D eigenvalue weighted by Gasteiger charge is 2.24. The van der Waals surface area contributed by atoms with Crippen molar-refractivity contribution in [3.8, 4) is 11.6 Å². The number of nitrogens with one attached hydrogen (secondary N) is 2. The number of aryl methyl sites for hydroxylation is 1. The summed E-state index contributed by atoms with van der Waals surface area (Å²) >= 11 is 0. The summed E-state index contributed by atoms with van der Waals surface area (Å²) < 4.78 is 5.71. The molecule has 0 radical (unpaired) electrons. The van der Waals surface area contributed by atoms with E-state index in [9.17, 15) is 4.79 Å². The van der Waals surface area contributed by atoms with Gasteiger partial charge < -0.3 is 15.0 Å². The van der Waals surface area contributed by atoms with Crippen molar-refractivity contribution in [3.63, 3.8) is 0 Å². The van der Waals surface area contributed by atoms with E-state index in [1.165, 1.54) is 5.56 Å². The molecule has 1 aliphatic heterocycles. The van der Waals surface area contributed by atoms with Crippen molar-refractivity contribution in [1.82, 2.24) is 20.1 Å². The highest BCUT2D eigenvalue weighted by atomic mass is 16.5. The fourth-order valence-electron chi connectivity index (χ4n) is 3.33. The molecular weight excluding hydrogens is 354 g/mol. The number of hydrogen-bond acceptors (Lipinski definition) is 4. The van der Waals surface area contributed by atoms with Crippen LogP contribution in [-0.2, 0) is 0 Å². The van der Waals surface area contributed by atoms with Crippen molar-refractivity contribution >= 4 is 11.7 Å². The molecule has 3 aromatic rings. The molecule has 2 N–H and O–H groups in total. The minimum Gasteiger partial charge on any atom is -0.439 e. The normalized spacial score (nSPS) is 14.7. The third-order valence-corrected chi connectivity index (χ3v) is 4.98. The summed E-state index contributed by atoms with van der Waals surface area (Å²) in [7, 11) is 0. The minimum absolute atomic E-state index is 0.0999. The van der Waals surface area contributed by atoms with Gasteiger partial charge >= 0.3 is 6.03 Å². The van der Waals surface area contributed by atoms with Gasteiger partial charge in [-0.15, -0.1) is 0 Å². The van der Waals surface area contributed by atoms with Gasteiger partial charge in [0.15, 0.2) is 0 Å². The van der Waals surface area contributed by atoms with E-state index >= 15 is 0 Å². The number of carbonyl (C=O) groups excluding carboxylic acids is 1. The fraction of sp³-hybridized carbons (Fsp3) is 0.286. The van der Waals surface area contributed by atoms with Gasteiger partial charge in [0.1, 0.15) is 5.75 Å². The van der Waals surface area contributed by atoms with E-state index in [2.05, 4.69) is 20.5 Å². The number of nitrogens with zero attached hydrogens (tertiary/aromatic N) is 3. The lowest BCUT2D eigenvalue weighted by Crippen LogP contribution is -2.40. The van der Waals surface area contributed by atoms with Crippen LogP contribution in [0, 0.1) is 6.92 Å². The van der Waals surface area contributed by atoms with Gasteiger partial charge in [-0.05, 0) is 44.0 Å². The maximum atomic E-state index is 12.5. The lowest BCUT2D eigenvalue weighted by Gasteiger charge is -2.31. The van der Waals surface area contributed by atoms with Gasteiger partial charge in [-0.3, -0.25) is 5.10 Å². The Kier molecular flexibility index (Phi) is 5.23. The fourth-order valence-corrected chi connectivity index (χ4v) is 3.33. The second-order valence-corrected chi connectivity index (χ2v) is 7.00. The highest BCUT2D eigenvalue weighted by molar-refractivity contribution is 5.89. The molecule has 0 unspecified atom stereocenters. The molecule has 0 aliphatic carbocycles. The SMILES string of the molecule is Cc1ccc(Oc2ccc(NC(=O)N3CCC(c4ccn[nH]4)CC3)cn2)cc1. The first-order valence-corrected chi connectivity index (χ1v) is 9.43. The van der Waals surface area contributed by atoms with Crippen LogP contribution in [-0.4, -0.2) is 39.2 Å². The summed E-state index contributed by atoms with van der Waals surface area (Å²) in [6.45, 7) is 3.47. The van der Waals surface area contributed by atoms with Crippen LogP contribution >= 0.6 is 0 Å². The number of piperidine rings is 1. The zero-order chi connectivity index (χ0) is 19.3. The number of ether oxygens (including phenoxy) is 1. The number of rotatable bonds is 4. The number of anilines is 1. The number of aromatic nitrogens is 3. The minimum atomic E-state index is -0.0999. The van der Waals surface area contributed by atoms with Crippen LogP contribution < -0.4 is 10.1 Å². The standard InChI is InChI=1S/C21H23N5O2/c1-15-2-5-18(6-3-15)28-20-7-4-17(14-22-20)24-21(27)26-12-9-16(10-13-26)19-8-11-23-25-19/h2-8,11,14,16H,9-10,12-13H2,1H3,(H,23,25)(H,24,27). The number of benzene rings is 1. The van der Waals surface area contributed by atoms with Crippen LogP contribution in [0.5, 0.6) is 11.6 Å². The van der Waals surface area contributed by atoms with E-state index in [4.69, 9.17) is 4.74 Å². The molecule has 7 nitrogen and oxygen atoms in total. The van der Waals surface area contributed by atoms with Crippen molar-refractivity contribution in [2.45, 2.75) is 25.7 Å². The molecule has 1 saturated heterocycles. The molecule has 0 atom stereocenters. The number of urea groups is 1. The number of pyridine rings is 1. The van der Waals surface area contributed by atoms with E-state index in [0.29, 0.717) is 17.5 Å². The van der Waals surface area contributed by atoms with Crippen molar-refractivity contribution < 1.29 is 9.53 Å². The Bertz CT molecular complexity index is 899. The first-order chi connectivity index (χ1) is 13.7. The van der Waals surface area contributed by atoms with Gasteiger partial charge in [-0.1, -0.05) is 17.7 Å². The summed E-state index contributed by atoms with van der Waals surface area (Å²) in [5.41, 5.74) is 2.97. The molecule has 0 bridgehead atoms. The molecule has 0 saturated carbocycles. The van der Waals surface area contributed by atoms with Crippen molar-refractivity contribution in [2.75, 3.05) is 18.4 Å². The molecule has 2 aromatic heterocycles. The predicted molar refractivity (Wildman–Crippen MR) is 107 cm³/mol. The van der Waals surface area contributed by atoms with Gasteiger partial charge in [-0.25, -0.2) is 9.78 Å². The lowest BCUT2D eigenvalue weighted by molar-refractivity contribution is 0.194. The van der Waals surface area contributed by atoms with Crippen LogP contribution in [0.2, 0.25) is 0 Å². The molecule has 3 heterocycles. The first kappa shape index (κ1) is 18.0. The Morgan fingerprint density at radius 1 is 1.14 bits per heavy atom. The molecular formula is C21H23N5O2. The van der Waals surface area contributed by atoms with Gasteiger partial charge in [0.2, 0.25) is 5.88 Å².